The van der Waals surface area contributed by atoms with Crippen LogP contribution in [0.2, 0.25) is 0 Å². The van der Waals surface area contributed by atoms with Gasteiger partial charge in [0.05, 0.1) is 12.7 Å². The number of hydrogen-bond donors (Lipinski definition) is 1. The molecule has 0 aliphatic carbocycles. The number of aromatic nitrogens is 1. The van der Waals surface area contributed by atoms with Crippen molar-refractivity contribution in [3.63, 3.8) is 0 Å². The van der Waals surface area contributed by atoms with Crippen LogP contribution in [0, 0.1) is 5.92 Å². The normalized spacial score (nSPS) is 19.9. The van der Waals surface area contributed by atoms with Crippen LogP contribution in [0.5, 0.6) is 5.75 Å². The molecular weight excluding hydrogens is 394 g/mol. The molecule has 1 saturated heterocycles. The number of nitrogens with one attached hydrogen (secondary N) is 1. The maximum Gasteiger partial charge on any atom is 0.257 e. The van der Waals surface area contributed by atoms with Crippen LogP contribution >= 0.6 is 15.9 Å². The van der Waals surface area contributed by atoms with Crippen molar-refractivity contribution in [2.45, 2.75) is 25.8 Å². The van der Waals surface area contributed by atoms with Gasteiger partial charge >= 0.3 is 0 Å². The Labute approximate surface area is 162 Å². The Kier molecular flexibility index (Phi) is 6.14. The van der Waals surface area contributed by atoms with Gasteiger partial charge in [-0.2, -0.15) is 0 Å². The van der Waals surface area contributed by atoms with E-state index in [4.69, 9.17) is 4.74 Å². The van der Waals surface area contributed by atoms with Crippen molar-refractivity contribution in [2.24, 2.45) is 5.92 Å². The lowest BCUT2D eigenvalue weighted by Crippen LogP contribution is -2.49. The molecule has 1 aromatic heterocycles. The highest BCUT2D eigenvalue weighted by atomic mass is 79.9. The first kappa shape index (κ1) is 18.7. The van der Waals surface area contributed by atoms with Crippen molar-refractivity contribution in [1.29, 1.82) is 0 Å². The second kappa shape index (κ2) is 8.54. The largest absolute Gasteiger partial charge is 0.496 e. The Morgan fingerprint density at radius 1 is 1.31 bits per heavy atom. The number of nitrogens with zero attached hydrogens (tertiary/aromatic N) is 2. The van der Waals surface area contributed by atoms with Crippen LogP contribution in [-0.4, -0.2) is 42.0 Å². The van der Waals surface area contributed by atoms with Crippen LogP contribution in [0.3, 0.4) is 0 Å². The summed E-state index contributed by atoms with van der Waals surface area (Å²) >= 11 is 3.39. The second-order valence-corrected chi connectivity index (χ2v) is 7.65. The number of carbonyl (C=O) groups excluding carboxylic acids is 1. The number of hydrogen-bond acceptors (Lipinski definition) is 4. The van der Waals surface area contributed by atoms with Gasteiger partial charge in [-0.25, -0.2) is 4.98 Å². The number of pyridine rings is 1. The Morgan fingerprint density at radius 3 is 2.85 bits per heavy atom. The number of rotatable bonds is 5. The minimum absolute atomic E-state index is 0.0320. The number of ether oxygens (including phenoxy) is 1. The lowest BCUT2D eigenvalue weighted by Gasteiger charge is -2.39. The number of benzene rings is 1. The topological polar surface area (TPSA) is 54.5 Å². The molecule has 0 bridgehead atoms. The summed E-state index contributed by atoms with van der Waals surface area (Å²) in [4.78, 5) is 19.5. The molecule has 6 heteroatoms. The van der Waals surface area contributed by atoms with E-state index in [1.165, 1.54) is 0 Å². The van der Waals surface area contributed by atoms with Gasteiger partial charge in [0.2, 0.25) is 0 Å². The smallest absolute Gasteiger partial charge is 0.257 e. The predicted octanol–water partition coefficient (Wildman–Crippen LogP) is 4.21. The van der Waals surface area contributed by atoms with Crippen molar-refractivity contribution in [1.82, 2.24) is 9.88 Å². The van der Waals surface area contributed by atoms with E-state index in [0.29, 0.717) is 23.8 Å². The number of piperidine rings is 1. The van der Waals surface area contributed by atoms with Gasteiger partial charge in [0.1, 0.15) is 11.6 Å². The summed E-state index contributed by atoms with van der Waals surface area (Å²) in [5.41, 5.74) is 0.621. The van der Waals surface area contributed by atoms with Crippen molar-refractivity contribution in [3.05, 3.63) is 52.6 Å². The monoisotopic (exact) mass is 417 g/mol. The molecule has 1 aliphatic heterocycles. The van der Waals surface area contributed by atoms with Crippen LogP contribution in [0.15, 0.2) is 47.1 Å². The fourth-order valence-electron chi connectivity index (χ4n) is 3.35. The zero-order chi connectivity index (χ0) is 18.5. The quantitative estimate of drug-likeness (QED) is 0.791. The summed E-state index contributed by atoms with van der Waals surface area (Å²) in [7, 11) is 1.60. The van der Waals surface area contributed by atoms with E-state index in [2.05, 4.69) is 33.2 Å². The fraction of sp³-hybridized carbons (Fsp3) is 0.400. The molecule has 0 radical (unpaired) electrons. The van der Waals surface area contributed by atoms with Gasteiger partial charge in [-0.1, -0.05) is 19.1 Å². The van der Waals surface area contributed by atoms with E-state index < -0.39 is 0 Å². The lowest BCUT2D eigenvalue weighted by atomic mass is 9.93. The number of carbonyl (C=O) groups is 1. The molecule has 1 aromatic carbocycles. The molecule has 2 atom stereocenters. The van der Waals surface area contributed by atoms with Crippen molar-refractivity contribution < 1.29 is 9.53 Å². The third-order valence-electron chi connectivity index (χ3n) is 4.79. The van der Waals surface area contributed by atoms with E-state index >= 15 is 0 Å². The van der Waals surface area contributed by atoms with Crippen LogP contribution in [0.1, 0.15) is 30.1 Å². The molecule has 0 saturated carbocycles. The van der Waals surface area contributed by atoms with Gasteiger partial charge in [-0.3, -0.25) is 4.79 Å². The number of halogens is 1. The minimum atomic E-state index is 0.0320. The summed E-state index contributed by atoms with van der Waals surface area (Å²) in [6.07, 6.45) is 3.87. The van der Waals surface area contributed by atoms with Gasteiger partial charge in [-0.05, 0) is 59.0 Å². The molecule has 138 valence electrons. The maximum absolute atomic E-state index is 13.2. The summed E-state index contributed by atoms with van der Waals surface area (Å²) in [5.74, 6) is 1.97. The van der Waals surface area contributed by atoms with Crippen LogP contribution < -0.4 is 10.1 Å². The Balaban J connectivity index is 1.75. The van der Waals surface area contributed by atoms with Gasteiger partial charge < -0.3 is 15.0 Å². The van der Waals surface area contributed by atoms with Crippen LogP contribution in [0.25, 0.3) is 0 Å². The predicted molar refractivity (Wildman–Crippen MR) is 107 cm³/mol. The molecule has 1 N–H and O–H groups in total. The number of methoxy groups -OCH3 is 1. The van der Waals surface area contributed by atoms with Crippen LogP contribution in [-0.2, 0) is 0 Å². The Morgan fingerprint density at radius 2 is 2.12 bits per heavy atom. The molecular formula is C20H24BrN3O2. The molecule has 0 unspecified atom stereocenters. The summed E-state index contributed by atoms with van der Waals surface area (Å²) in [6.45, 7) is 3.64. The summed E-state index contributed by atoms with van der Waals surface area (Å²) in [5, 5.41) is 3.36. The number of amides is 1. The summed E-state index contributed by atoms with van der Waals surface area (Å²) in [6, 6.07) is 11.4. The SMILES string of the molecule is COc1ccccc1C(=O)N1C[C@@H](C)CC[C@H]1CNc1ccc(Br)cn1. The summed E-state index contributed by atoms with van der Waals surface area (Å²) < 4.78 is 6.33. The standard InChI is InChI=1S/C20H24BrN3O2/c1-14-7-9-16(12-23-19-10-8-15(21)11-22-19)24(13-14)20(25)17-5-3-4-6-18(17)26-2/h3-6,8,10-11,14,16H,7,9,12-13H2,1-2H3,(H,22,23)/t14-,16-/m0/s1. The minimum Gasteiger partial charge on any atom is -0.496 e. The highest BCUT2D eigenvalue weighted by molar-refractivity contribution is 9.10. The molecule has 26 heavy (non-hydrogen) atoms. The second-order valence-electron chi connectivity index (χ2n) is 6.74. The molecule has 2 aromatic rings. The van der Waals surface area contributed by atoms with Gasteiger partial charge in [0.15, 0.2) is 0 Å². The zero-order valence-corrected chi connectivity index (χ0v) is 16.7. The van der Waals surface area contributed by atoms with E-state index in [0.717, 1.165) is 29.7 Å². The highest BCUT2D eigenvalue weighted by Crippen LogP contribution is 2.27. The molecule has 1 fully saturated rings. The Bertz CT molecular complexity index is 751. The first-order chi connectivity index (χ1) is 12.6. The average Bonchev–Trinajstić information content (AvgIpc) is 2.67. The maximum atomic E-state index is 13.2. The first-order valence-corrected chi connectivity index (χ1v) is 9.67. The van der Waals surface area contributed by atoms with Crippen molar-refractivity contribution in [3.8, 4) is 5.75 Å². The average molecular weight is 418 g/mol. The number of likely N-dealkylation sites (tertiary alicyclic amines) is 1. The van der Waals surface area contributed by atoms with E-state index in [1.807, 2.05) is 41.3 Å². The number of para-hydroxylation sites is 1. The van der Waals surface area contributed by atoms with Gasteiger partial charge in [0, 0.05) is 29.8 Å². The number of anilines is 1. The van der Waals surface area contributed by atoms with Crippen LogP contribution in [0.4, 0.5) is 5.82 Å². The third-order valence-corrected chi connectivity index (χ3v) is 5.26. The van der Waals surface area contributed by atoms with Crippen molar-refractivity contribution in [2.75, 3.05) is 25.5 Å². The molecule has 0 spiro atoms. The van der Waals surface area contributed by atoms with Gasteiger partial charge in [0.25, 0.3) is 5.91 Å². The molecule has 2 heterocycles. The molecule has 1 aliphatic rings. The zero-order valence-electron chi connectivity index (χ0n) is 15.1. The van der Waals surface area contributed by atoms with E-state index in [-0.39, 0.29) is 11.9 Å². The van der Waals surface area contributed by atoms with E-state index in [9.17, 15) is 4.79 Å². The lowest BCUT2D eigenvalue weighted by molar-refractivity contribution is 0.0562. The Hall–Kier alpha value is -2.08. The highest BCUT2D eigenvalue weighted by Gasteiger charge is 2.31. The first-order valence-electron chi connectivity index (χ1n) is 8.88. The molecule has 1 amide bonds. The third kappa shape index (κ3) is 4.36. The fourth-order valence-corrected chi connectivity index (χ4v) is 3.58. The molecule has 3 rings (SSSR count). The molecule has 5 nitrogen and oxygen atoms in total. The van der Waals surface area contributed by atoms with Crippen molar-refractivity contribution >= 4 is 27.7 Å². The van der Waals surface area contributed by atoms with Gasteiger partial charge in [-0.15, -0.1) is 0 Å². The van der Waals surface area contributed by atoms with E-state index in [1.54, 1.807) is 13.3 Å².